The summed E-state index contributed by atoms with van der Waals surface area (Å²) in [6.07, 6.45) is 1.29. The molecule has 2 rings (SSSR count). The lowest BCUT2D eigenvalue weighted by molar-refractivity contribution is 0.697. The molecule has 5 heteroatoms. The number of hydrogen-bond acceptors (Lipinski definition) is 5. The van der Waals surface area contributed by atoms with Crippen LogP contribution in [0.3, 0.4) is 0 Å². The molecule has 1 atom stereocenters. The van der Waals surface area contributed by atoms with Gasteiger partial charge in [0.25, 0.3) is 0 Å². The summed E-state index contributed by atoms with van der Waals surface area (Å²) in [5.74, 6) is 2.54. The summed E-state index contributed by atoms with van der Waals surface area (Å²) in [4.78, 5) is 8.45. The van der Waals surface area contributed by atoms with Gasteiger partial charge in [-0.1, -0.05) is 6.92 Å². The molecule has 0 saturated carbocycles. The van der Waals surface area contributed by atoms with E-state index in [4.69, 9.17) is 4.98 Å². The number of rotatable bonds is 5. The molecule has 0 aromatic carbocycles. The largest absolute Gasteiger partial charge is 0.347 e. The van der Waals surface area contributed by atoms with Gasteiger partial charge in [0.15, 0.2) is 5.13 Å². The van der Waals surface area contributed by atoms with Crippen LogP contribution in [0.1, 0.15) is 23.9 Å². The molecule has 1 N–H and O–H groups in total. The second kappa shape index (κ2) is 6.07. The fraction of sp³-hybridized carbons (Fsp3) is 0.750. The third-order valence-corrected chi connectivity index (χ3v) is 5.56. The first kappa shape index (κ1) is 13.2. The Morgan fingerprint density at radius 1 is 1.53 bits per heavy atom. The minimum Gasteiger partial charge on any atom is -0.347 e. The van der Waals surface area contributed by atoms with Crippen LogP contribution in [0.15, 0.2) is 0 Å². The third-order valence-electron chi connectivity index (χ3n) is 3.17. The second-order valence-electron chi connectivity index (χ2n) is 4.41. The zero-order valence-corrected chi connectivity index (χ0v) is 12.5. The van der Waals surface area contributed by atoms with Crippen molar-refractivity contribution in [1.82, 2.24) is 10.3 Å². The van der Waals surface area contributed by atoms with Crippen LogP contribution in [-0.4, -0.2) is 36.1 Å². The Morgan fingerprint density at radius 3 is 3.00 bits per heavy atom. The van der Waals surface area contributed by atoms with Gasteiger partial charge in [0.05, 0.1) is 5.69 Å². The van der Waals surface area contributed by atoms with Gasteiger partial charge in [-0.3, -0.25) is 0 Å². The lowest BCUT2D eigenvalue weighted by Crippen LogP contribution is -2.31. The van der Waals surface area contributed by atoms with E-state index in [1.165, 1.54) is 33.6 Å². The quantitative estimate of drug-likeness (QED) is 0.890. The molecule has 1 aromatic rings. The van der Waals surface area contributed by atoms with E-state index in [1.54, 1.807) is 0 Å². The van der Waals surface area contributed by atoms with E-state index in [2.05, 4.69) is 42.9 Å². The number of nitrogens with zero attached hydrogens (tertiary/aromatic N) is 2. The third kappa shape index (κ3) is 3.14. The highest BCUT2D eigenvalue weighted by Gasteiger charge is 2.22. The van der Waals surface area contributed by atoms with E-state index in [0.717, 1.165) is 13.1 Å². The molecule has 0 aliphatic carbocycles. The van der Waals surface area contributed by atoms with Gasteiger partial charge in [-0.25, -0.2) is 4.98 Å². The lowest BCUT2D eigenvalue weighted by Gasteiger charge is -2.22. The number of thiazole rings is 1. The minimum atomic E-state index is 0.678. The number of anilines is 1. The topological polar surface area (TPSA) is 28.2 Å². The predicted molar refractivity (Wildman–Crippen MR) is 78.4 cm³/mol. The highest BCUT2D eigenvalue weighted by Crippen LogP contribution is 2.30. The van der Waals surface area contributed by atoms with Crippen LogP contribution in [0.5, 0.6) is 0 Å². The van der Waals surface area contributed by atoms with Crippen LogP contribution in [0.2, 0.25) is 0 Å². The summed E-state index contributed by atoms with van der Waals surface area (Å²) in [7, 11) is 2.19. The number of aryl methyl sites for hydroxylation is 1. The molecule has 1 fully saturated rings. The molecular formula is C12H21N3S2. The summed E-state index contributed by atoms with van der Waals surface area (Å²) < 4.78 is 0. The molecule has 2 heterocycles. The molecule has 1 aliphatic heterocycles. The molecule has 17 heavy (non-hydrogen) atoms. The minimum absolute atomic E-state index is 0.678. The first-order valence-corrected chi connectivity index (χ1v) is 8.17. The molecule has 1 unspecified atom stereocenters. The molecular weight excluding hydrogens is 250 g/mol. The Kier molecular flexibility index (Phi) is 4.70. The Bertz CT molecular complexity index is 359. The van der Waals surface area contributed by atoms with E-state index >= 15 is 0 Å². The Labute approximate surface area is 112 Å². The number of hydrogen-bond donors (Lipinski definition) is 1. The van der Waals surface area contributed by atoms with Gasteiger partial charge in [0, 0.05) is 30.3 Å². The van der Waals surface area contributed by atoms with Crippen molar-refractivity contribution in [3.05, 3.63) is 10.6 Å². The van der Waals surface area contributed by atoms with Crippen molar-refractivity contribution >= 4 is 28.2 Å². The maximum atomic E-state index is 4.70. The van der Waals surface area contributed by atoms with E-state index < -0.39 is 0 Å². The van der Waals surface area contributed by atoms with Crippen molar-refractivity contribution in [2.45, 2.75) is 32.9 Å². The van der Waals surface area contributed by atoms with Gasteiger partial charge in [0.1, 0.15) is 0 Å². The van der Waals surface area contributed by atoms with Gasteiger partial charge >= 0.3 is 0 Å². The van der Waals surface area contributed by atoms with Crippen molar-refractivity contribution < 1.29 is 0 Å². The molecule has 0 spiro atoms. The summed E-state index contributed by atoms with van der Waals surface area (Å²) in [6, 6.07) is 0.678. The molecule has 96 valence electrons. The smallest absolute Gasteiger partial charge is 0.185 e. The van der Waals surface area contributed by atoms with Crippen LogP contribution in [-0.2, 0) is 6.54 Å². The van der Waals surface area contributed by atoms with Gasteiger partial charge in [0.2, 0.25) is 0 Å². The summed E-state index contributed by atoms with van der Waals surface area (Å²) in [5, 5.41) is 4.56. The lowest BCUT2D eigenvalue weighted by atomic mass is 10.2. The average molecular weight is 271 g/mol. The van der Waals surface area contributed by atoms with Crippen LogP contribution in [0, 0.1) is 6.92 Å². The average Bonchev–Trinajstić information content (AvgIpc) is 2.95. The monoisotopic (exact) mass is 271 g/mol. The zero-order valence-electron chi connectivity index (χ0n) is 10.8. The predicted octanol–water partition coefficient (Wildman–Crippen LogP) is 2.50. The second-order valence-corrected chi connectivity index (χ2v) is 6.63. The van der Waals surface area contributed by atoms with E-state index in [9.17, 15) is 0 Å². The fourth-order valence-electron chi connectivity index (χ4n) is 1.95. The standard InChI is InChI=1S/C12H21N3S2/c1-4-13-7-11-9(2)14-12(17-11)15(3)10-5-6-16-8-10/h10,13H,4-8H2,1-3H3. The van der Waals surface area contributed by atoms with Crippen LogP contribution in [0.25, 0.3) is 0 Å². The van der Waals surface area contributed by atoms with Crippen molar-refractivity contribution in [1.29, 1.82) is 0 Å². The van der Waals surface area contributed by atoms with Crippen molar-refractivity contribution in [3.63, 3.8) is 0 Å². The van der Waals surface area contributed by atoms with Crippen molar-refractivity contribution in [2.75, 3.05) is 30.0 Å². The number of nitrogens with one attached hydrogen (secondary N) is 1. The Balaban J connectivity index is 2.04. The van der Waals surface area contributed by atoms with Crippen LogP contribution >= 0.6 is 23.1 Å². The van der Waals surface area contributed by atoms with Crippen molar-refractivity contribution in [2.24, 2.45) is 0 Å². The summed E-state index contributed by atoms with van der Waals surface area (Å²) >= 11 is 3.89. The Morgan fingerprint density at radius 2 is 2.35 bits per heavy atom. The molecule has 3 nitrogen and oxygen atoms in total. The zero-order chi connectivity index (χ0) is 12.3. The molecule has 0 radical (unpaired) electrons. The summed E-state index contributed by atoms with van der Waals surface area (Å²) in [5.41, 5.74) is 1.18. The first-order valence-electron chi connectivity index (χ1n) is 6.20. The highest BCUT2D eigenvalue weighted by molar-refractivity contribution is 7.99. The van der Waals surface area contributed by atoms with Gasteiger partial charge < -0.3 is 10.2 Å². The fourth-order valence-corrected chi connectivity index (χ4v) is 4.28. The SMILES string of the molecule is CCNCc1sc(N(C)C2CCSC2)nc1C. The van der Waals surface area contributed by atoms with Crippen molar-refractivity contribution in [3.8, 4) is 0 Å². The molecule has 0 amide bonds. The van der Waals surface area contributed by atoms with Crippen LogP contribution in [0.4, 0.5) is 5.13 Å². The maximum absolute atomic E-state index is 4.70. The molecule has 1 saturated heterocycles. The normalized spacial score (nSPS) is 19.8. The number of aromatic nitrogens is 1. The maximum Gasteiger partial charge on any atom is 0.185 e. The highest BCUT2D eigenvalue weighted by atomic mass is 32.2. The van der Waals surface area contributed by atoms with Gasteiger partial charge in [-0.15, -0.1) is 11.3 Å². The van der Waals surface area contributed by atoms with Gasteiger partial charge in [-0.05, 0) is 25.6 Å². The van der Waals surface area contributed by atoms with E-state index in [-0.39, 0.29) is 0 Å². The summed E-state index contributed by atoms with van der Waals surface area (Å²) in [6.45, 7) is 6.22. The van der Waals surface area contributed by atoms with Crippen LogP contribution < -0.4 is 10.2 Å². The number of thioether (sulfide) groups is 1. The Hall–Kier alpha value is -0.260. The molecule has 0 bridgehead atoms. The van der Waals surface area contributed by atoms with E-state index in [1.807, 2.05) is 11.3 Å². The van der Waals surface area contributed by atoms with Gasteiger partial charge in [-0.2, -0.15) is 11.8 Å². The first-order chi connectivity index (χ1) is 8.22. The van der Waals surface area contributed by atoms with E-state index in [0.29, 0.717) is 6.04 Å². The molecule has 1 aliphatic rings. The molecule has 1 aromatic heterocycles.